The maximum absolute atomic E-state index is 6.00. The third-order valence-electron chi connectivity index (χ3n) is 4.14. The minimum Gasteiger partial charge on any atom is -0.492 e. The Kier molecular flexibility index (Phi) is 3.53. The lowest BCUT2D eigenvalue weighted by Gasteiger charge is -2.17. The summed E-state index contributed by atoms with van der Waals surface area (Å²) in [5, 5.41) is 5.75. The van der Waals surface area contributed by atoms with Crippen molar-refractivity contribution in [3.05, 3.63) is 35.4 Å². The van der Waals surface area contributed by atoms with Crippen molar-refractivity contribution >= 4 is 16.5 Å². The van der Waals surface area contributed by atoms with Crippen LogP contribution in [0.3, 0.4) is 0 Å². The van der Waals surface area contributed by atoms with Crippen molar-refractivity contribution in [1.29, 1.82) is 0 Å². The maximum atomic E-state index is 6.00. The molecular formula is C17H22N2O. The second-order valence-corrected chi connectivity index (χ2v) is 5.49. The molecule has 1 aliphatic heterocycles. The molecular weight excluding hydrogens is 248 g/mol. The first-order chi connectivity index (χ1) is 9.72. The average Bonchev–Trinajstić information content (AvgIpc) is 2.81. The third kappa shape index (κ3) is 2.12. The SMILES string of the molecule is CNCCOc1cc2c(c3c(C)cccc13)CCN2C. The average molecular weight is 270 g/mol. The minimum atomic E-state index is 0.696. The molecule has 0 saturated heterocycles. The number of benzene rings is 2. The van der Waals surface area contributed by atoms with E-state index in [-0.39, 0.29) is 0 Å². The van der Waals surface area contributed by atoms with Gasteiger partial charge in [0.2, 0.25) is 0 Å². The van der Waals surface area contributed by atoms with Crippen molar-refractivity contribution in [1.82, 2.24) is 5.32 Å². The number of nitrogens with one attached hydrogen (secondary N) is 1. The van der Waals surface area contributed by atoms with Crippen molar-refractivity contribution in [2.45, 2.75) is 13.3 Å². The fraction of sp³-hybridized carbons (Fsp3) is 0.412. The highest BCUT2D eigenvalue weighted by Crippen LogP contribution is 2.40. The molecule has 106 valence electrons. The van der Waals surface area contributed by atoms with E-state index in [2.05, 4.69) is 48.5 Å². The number of nitrogens with zero attached hydrogens (tertiary/aromatic N) is 1. The molecule has 0 atom stereocenters. The summed E-state index contributed by atoms with van der Waals surface area (Å²) >= 11 is 0. The molecule has 0 spiro atoms. The predicted molar refractivity (Wildman–Crippen MR) is 85.1 cm³/mol. The topological polar surface area (TPSA) is 24.5 Å². The van der Waals surface area contributed by atoms with Crippen molar-refractivity contribution < 1.29 is 4.74 Å². The van der Waals surface area contributed by atoms with Crippen LogP contribution in [0.4, 0.5) is 5.69 Å². The molecule has 2 aromatic carbocycles. The van der Waals surface area contributed by atoms with E-state index < -0.39 is 0 Å². The van der Waals surface area contributed by atoms with E-state index in [0.29, 0.717) is 6.61 Å². The monoisotopic (exact) mass is 270 g/mol. The second kappa shape index (κ2) is 5.33. The van der Waals surface area contributed by atoms with Crippen LogP contribution in [0.15, 0.2) is 24.3 Å². The standard InChI is InChI=1S/C17H22N2O/c1-12-5-4-6-14-16(20-10-8-18-2)11-15-13(17(12)14)7-9-19(15)3/h4-6,11,18H,7-10H2,1-3H3. The highest BCUT2D eigenvalue weighted by molar-refractivity contribution is 5.98. The summed E-state index contributed by atoms with van der Waals surface area (Å²) in [6, 6.07) is 8.70. The van der Waals surface area contributed by atoms with E-state index in [9.17, 15) is 0 Å². The van der Waals surface area contributed by atoms with Crippen LogP contribution in [0.1, 0.15) is 11.1 Å². The Balaban J connectivity index is 2.15. The number of hydrogen-bond acceptors (Lipinski definition) is 3. The fourth-order valence-electron chi connectivity index (χ4n) is 3.07. The minimum absolute atomic E-state index is 0.696. The summed E-state index contributed by atoms with van der Waals surface area (Å²) in [5.74, 6) is 1.01. The molecule has 0 radical (unpaired) electrons. The van der Waals surface area contributed by atoms with Crippen LogP contribution in [0.2, 0.25) is 0 Å². The van der Waals surface area contributed by atoms with Crippen LogP contribution in [-0.4, -0.2) is 33.8 Å². The van der Waals surface area contributed by atoms with E-state index >= 15 is 0 Å². The van der Waals surface area contributed by atoms with Crippen LogP contribution >= 0.6 is 0 Å². The molecule has 0 aliphatic carbocycles. The van der Waals surface area contributed by atoms with Gasteiger partial charge < -0.3 is 15.0 Å². The second-order valence-electron chi connectivity index (χ2n) is 5.49. The molecule has 1 aliphatic rings. The van der Waals surface area contributed by atoms with E-state index in [0.717, 1.165) is 25.3 Å². The predicted octanol–water partition coefficient (Wildman–Crippen LogP) is 2.74. The molecule has 3 nitrogen and oxygen atoms in total. The summed E-state index contributed by atoms with van der Waals surface area (Å²) in [5.41, 5.74) is 4.14. The van der Waals surface area contributed by atoms with Gasteiger partial charge in [0.15, 0.2) is 0 Å². The number of anilines is 1. The number of rotatable bonds is 4. The first kappa shape index (κ1) is 13.3. The van der Waals surface area contributed by atoms with Gasteiger partial charge in [0.1, 0.15) is 12.4 Å². The zero-order chi connectivity index (χ0) is 14.1. The Morgan fingerprint density at radius 2 is 2.20 bits per heavy atom. The number of aryl methyl sites for hydroxylation is 1. The Hall–Kier alpha value is -1.74. The normalized spacial score (nSPS) is 13.8. The molecule has 1 N–H and O–H groups in total. The van der Waals surface area contributed by atoms with Gasteiger partial charge in [0, 0.05) is 37.3 Å². The van der Waals surface area contributed by atoms with E-state index in [1.165, 1.54) is 27.6 Å². The van der Waals surface area contributed by atoms with Gasteiger partial charge in [0.25, 0.3) is 0 Å². The molecule has 2 aromatic rings. The summed E-state index contributed by atoms with van der Waals surface area (Å²) < 4.78 is 6.00. The molecule has 1 heterocycles. The molecule has 0 aromatic heterocycles. The first-order valence-corrected chi connectivity index (χ1v) is 7.26. The zero-order valence-electron chi connectivity index (χ0n) is 12.5. The summed E-state index contributed by atoms with van der Waals surface area (Å²) in [6.07, 6.45) is 1.13. The van der Waals surface area contributed by atoms with Gasteiger partial charge in [-0.1, -0.05) is 18.2 Å². The van der Waals surface area contributed by atoms with Gasteiger partial charge >= 0.3 is 0 Å². The van der Waals surface area contributed by atoms with Crippen LogP contribution in [0.5, 0.6) is 5.75 Å². The fourth-order valence-corrected chi connectivity index (χ4v) is 3.07. The van der Waals surface area contributed by atoms with Crippen molar-refractivity contribution in [2.75, 3.05) is 38.7 Å². The number of likely N-dealkylation sites (N-methyl/N-ethyl adjacent to an activating group) is 2. The Morgan fingerprint density at radius 1 is 1.35 bits per heavy atom. The van der Waals surface area contributed by atoms with Crippen molar-refractivity contribution in [2.24, 2.45) is 0 Å². The molecule has 20 heavy (non-hydrogen) atoms. The van der Waals surface area contributed by atoms with Gasteiger partial charge in [0.05, 0.1) is 0 Å². The number of hydrogen-bond donors (Lipinski definition) is 1. The molecule has 0 saturated carbocycles. The van der Waals surface area contributed by atoms with Gasteiger partial charge in [-0.2, -0.15) is 0 Å². The van der Waals surface area contributed by atoms with Crippen molar-refractivity contribution in [3.8, 4) is 5.75 Å². The molecule has 3 heteroatoms. The Bertz CT molecular complexity index is 636. The van der Waals surface area contributed by atoms with E-state index in [1.807, 2.05) is 7.05 Å². The van der Waals surface area contributed by atoms with Gasteiger partial charge in [-0.05, 0) is 36.9 Å². The van der Waals surface area contributed by atoms with Crippen LogP contribution in [0.25, 0.3) is 10.8 Å². The van der Waals surface area contributed by atoms with Crippen LogP contribution in [0, 0.1) is 6.92 Å². The Morgan fingerprint density at radius 3 is 3.00 bits per heavy atom. The largest absolute Gasteiger partial charge is 0.492 e. The molecule has 0 amide bonds. The number of fused-ring (bicyclic) bond motifs is 3. The highest BCUT2D eigenvalue weighted by Gasteiger charge is 2.21. The zero-order valence-corrected chi connectivity index (χ0v) is 12.5. The number of ether oxygens (including phenoxy) is 1. The van der Waals surface area contributed by atoms with Gasteiger partial charge in [-0.15, -0.1) is 0 Å². The Labute approximate surface area is 120 Å². The first-order valence-electron chi connectivity index (χ1n) is 7.26. The van der Waals surface area contributed by atoms with Gasteiger partial charge in [-0.25, -0.2) is 0 Å². The highest BCUT2D eigenvalue weighted by atomic mass is 16.5. The molecule has 0 bridgehead atoms. The summed E-state index contributed by atoms with van der Waals surface area (Å²) in [7, 11) is 4.11. The lowest BCUT2D eigenvalue weighted by atomic mass is 9.97. The van der Waals surface area contributed by atoms with E-state index in [1.54, 1.807) is 0 Å². The van der Waals surface area contributed by atoms with Gasteiger partial charge in [-0.3, -0.25) is 0 Å². The summed E-state index contributed by atoms with van der Waals surface area (Å²) in [4.78, 5) is 2.33. The molecule has 0 unspecified atom stereocenters. The lowest BCUT2D eigenvalue weighted by molar-refractivity contribution is 0.322. The van der Waals surface area contributed by atoms with Crippen LogP contribution in [-0.2, 0) is 6.42 Å². The van der Waals surface area contributed by atoms with E-state index in [4.69, 9.17) is 4.74 Å². The van der Waals surface area contributed by atoms with Crippen molar-refractivity contribution in [3.63, 3.8) is 0 Å². The smallest absolute Gasteiger partial charge is 0.129 e. The molecule has 0 fully saturated rings. The maximum Gasteiger partial charge on any atom is 0.129 e. The summed E-state index contributed by atoms with van der Waals surface area (Å²) in [6.45, 7) is 4.85. The quantitative estimate of drug-likeness (QED) is 0.865. The molecule has 3 rings (SSSR count). The third-order valence-corrected chi connectivity index (χ3v) is 4.14. The van der Waals surface area contributed by atoms with Crippen LogP contribution < -0.4 is 15.0 Å². The lowest BCUT2D eigenvalue weighted by Crippen LogP contribution is -2.16.